The highest BCUT2D eigenvalue weighted by atomic mass is 32.1. The highest BCUT2D eigenvalue weighted by Crippen LogP contribution is 2.11. The van der Waals surface area contributed by atoms with E-state index in [4.69, 9.17) is 4.74 Å². The number of hydrogen-bond donors (Lipinski definition) is 1. The van der Waals surface area contributed by atoms with Gasteiger partial charge in [-0.1, -0.05) is 6.07 Å². The molecule has 0 bridgehead atoms. The van der Waals surface area contributed by atoms with Gasteiger partial charge in [-0.2, -0.15) is 0 Å². The molecular formula is C12H20N2OS. The van der Waals surface area contributed by atoms with Crippen LogP contribution in [0.2, 0.25) is 0 Å². The normalized spacial score (nSPS) is 24.5. The van der Waals surface area contributed by atoms with Crippen molar-refractivity contribution in [3.8, 4) is 0 Å². The van der Waals surface area contributed by atoms with Crippen molar-refractivity contribution in [3.63, 3.8) is 0 Å². The van der Waals surface area contributed by atoms with Gasteiger partial charge >= 0.3 is 0 Å². The molecule has 2 heterocycles. The van der Waals surface area contributed by atoms with Crippen molar-refractivity contribution in [1.82, 2.24) is 10.2 Å². The van der Waals surface area contributed by atoms with Gasteiger partial charge in [-0.25, -0.2) is 0 Å². The number of morpholine rings is 1. The van der Waals surface area contributed by atoms with Crippen LogP contribution < -0.4 is 5.32 Å². The number of nitrogens with one attached hydrogen (secondary N) is 1. The summed E-state index contributed by atoms with van der Waals surface area (Å²) >= 11 is 1.80. The highest BCUT2D eigenvalue weighted by Gasteiger charge is 2.22. The average molecular weight is 240 g/mol. The summed E-state index contributed by atoms with van der Waals surface area (Å²) in [5.74, 6) is 0. The number of rotatable bonds is 4. The first-order valence-electron chi connectivity index (χ1n) is 5.81. The third-order valence-electron chi connectivity index (χ3n) is 3.03. The summed E-state index contributed by atoms with van der Waals surface area (Å²) in [4.78, 5) is 3.72. The van der Waals surface area contributed by atoms with E-state index < -0.39 is 0 Å². The largest absolute Gasteiger partial charge is 0.374 e. The van der Waals surface area contributed by atoms with Gasteiger partial charge in [0.25, 0.3) is 0 Å². The lowest BCUT2D eigenvalue weighted by Crippen LogP contribution is -2.49. The third kappa shape index (κ3) is 3.28. The molecular weight excluding hydrogens is 220 g/mol. The van der Waals surface area contributed by atoms with Crippen molar-refractivity contribution < 1.29 is 4.74 Å². The Morgan fingerprint density at radius 3 is 3.25 bits per heavy atom. The molecule has 2 atom stereocenters. The summed E-state index contributed by atoms with van der Waals surface area (Å²) in [6.07, 6.45) is 0.318. The van der Waals surface area contributed by atoms with E-state index in [1.54, 1.807) is 11.3 Å². The molecule has 0 radical (unpaired) electrons. The molecule has 0 amide bonds. The fourth-order valence-corrected chi connectivity index (χ4v) is 2.58. The Morgan fingerprint density at radius 1 is 1.69 bits per heavy atom. The molecule has 3 nitrogen and oxygen atoms in total. The summed E-state index contributed by atoms with van der Waals surface area (Å²) in [5.41, 5.74) is 0. The fourth-order valence-electron chi connectivity index (χ4n) is 1.92. The Labute approximate surface area is 101 Å². The first-order chi connectivity index (χ1) is 7.75. The van der Waals surface area contributed by atoms with E-state index in [0.717, 1.165) is 26.2 Å². The molecule has 4 heteroatoms. The molecule has 0 aromatic carbocycles. The summed E-state index contributed by atoms with van der Waals surface area (Å²) in [5, 5.41) is 5.65. The smallest absolute Gasteiger partial charge is 0.0852 e. The second kappa shape index (κ2) is 5.77. The molecule has 1 aliphatic rings. The average Bonchev–Trinajstić information content (AvgIpc) is 2.78. The quantitative estimate of drug-likeness (QED) is 0.864. The van der Waals surface area contributed by atoms with Crippen LogP contribution in [0.1, 0.15) is 11.8 Å². The van der Waals surface area contributed by atoms with Crippen molar-refractivity contribution in [2.45, 2.75) is 25.6 Å². The summed E-state index contributed by atoms with van der Waals surface area (Å²) < 4.78 is 5.78. The van der Waals surface area contributed by atoms with Crippen molar-refractivity contribution in [2.24, 2.45) is 0 Å². The molecule has 2 unspecified atom stereocenters. The molecule has 1 aromatic rings. The van der Waals surface area contributed by atoms with Crippen LogP contribution in [0.4, 0.5) is 0 Å². The van der Waals surface area contributed by atoms with E-state index in [9.17, 15) is 0 Å². The van der Waals surface area contributed by atoms with Crippen molar-refractivity contribution >= 4 is 11.3 Å². The van der Waals surface area contributed by atoms with Gasteiger partial charge in [0.05, 0.1) is 12.7 Å². The van der Waals surface area contributed by atoms with Crippen LogP contribution >= 0.6 is 11.3 Å². The van der Waals surface area contributed by atoms with Gasteiger partial charge in [0, 0.05) is 30.6 Å². The topological polar surface area (TPSA) is 24.5 Å². The molecule has 0 saturated carbocycles. The van der Waals surface area contributed by atoms with Gasteiger partial charge in [-0.3, -0.25) is 0 Å². The van der Waals surface area contributed by atoms with Crippen molar-refractivity contribution in [2.75, 3.05) is 26.7 Å². The Hall–Kier alpha value is -0.420. The van der Waals surface area contributed by atoms with Crippen molar-refractivity contribution in [1.29, 1.82) is 0 Å². The number of likely N-dealkylation sites (N-methyl/N-ethyl adjacent to an activating group) is 1. The molecule has 1 N–H and O–H groups in total. The van der Waals surface area contributed by atoms with E-state index in [2.05, 4.69) is 41.7 Å². The van der Waals surface area contributed by atoms with Crippen LogP contribution in [0.5, 0.6) is 0 Å². The van der Waals surface area contributed by atoms with Gasteiger partial charge in [0.1, 0.15) is 0 Å². The van der Waals surface area contributed by atoms with Gasteiger partial charge in [0.2, 0.25) is 0 Å². The van der Waals surface area contributed by atoms with Gasteiger partial charge < -0.3 is 15.0 Å². The predicted octanol–water partition coefficient (Wildman–Crippen LogP) is 1.56. The molecule has 1 saturated heterocycles. The van der Waals surface area contributed by atoms with Gasteiger partial charge in [-0.05, 0) is 25.4 Å². The minimum atomic E-state index is 0.318. The van der Waals surface area contributed by atoms with E-state index in [1.807, 2.05) is 0 Å². The first kappa shape index (κ1) is 12.0. The number of ether oxygens (including phenoxy) is 1. The molecule has 16 heavy (non-hydrogen) atoms. The van der Waals surface area contributed by atoms with E-state index >= 15 is 0 Å². The standard InChI is InChI=1S/C12H20N2OS/c1-10(12-9-14(2)5-6-15-12)13-8-11-4-3-7-16-11/h3-4,7,10,12-13H,5-6,8-9H2,1-2H3. The van der Waals surface area contributed by atoms with Gasteiger partial charge in [0.15, 0.2) is 0 Å². The van der Waals surface area contributed by atoms with Crippen LogP contribution in [0, 0.1) is 0 Å². The summed E-state index contributed by atoms with van der Waals surface area (Å²) in [6.45, 7) is 6.08. The maximum atomic E-state index is 5.78. The lowest BCUT2D eigenvalue weighted by atomic mass is 10.1. The minimum absolute atomic E-state index is 0.318. The first-order valence-corrected chi connectivity index (χ1v) is 6.69. The van der Waals surface area contributed by atoms with Crippen LogP contribution in [0.25, 0.3) is 0 Å². The Balaban J connectivity index is 1.76. The molecule has 90 valence electrons. The lowest BCUT2D eigenvalue weighted by molar-refractivity contribution is -0.0355. The Bertz CT molecular complexity index is 302. The highest BCUT2D eigenvalue weighted by molar-refractivity contribution is 7.09. The molecule has 0 spiro atoms. The number of nitrogens with zero attached hydrogens (tertiary/aromatic N) is 1. The minimum Gasteiger partial charge on any atom is -0.374 e. The number of thiophene rings is 1. The molecule has 2 rings (SSSR count). The lowest BCUT2D eigenvalue weighted by Gasteiger charge is -2.34. The van der Waals surface area contributed by atoms with E-state index in [0.29, 0.717) is 12.1 Å². The third-order valence-corrected chi connectivity index (χ3v) is 3.91. The molecule has 1 aromatic heterocycles. The van der Waals surface area contributed by atoms with Gasteiger partial charge in [-0.15, -0.1) is 11.3 Å². The summed E-state index contributed by atoms with van der Waals surface area (Å²) in [6, 6.07) is 4.67. The molecule has 0 aliphatic carbocycles. The van der Waals surface area contributed by atoms with Crippen LogP contribution in [0.3, 0.4) is 0 Å². The maximum Gasteiger partial charge on any atom is 0.0852 e. The van der Waals surface area contributed by atoms with Crippen LogP contribution in [-0.2, 0) is 11.3 Å². The maximum absolute atomic E-state index is 5.78. The molecule has 1 fully saturated rings. The Kier molecular flexibility index (Phi) is 4.35. The van der Waals surface area contributed by atoms with Crippen LogP contribution in [-0.4, -0.2) is 43.8 Å². The van der Waals surface area contributed by atoms with E-state index in [-0.39, 0.29) is 0 Å². The predicted molar refractivity (Wildman–Crippen MR) is 67.9 cm³/mol. The molecule has 1 aliphatic heterocycles. The second-order valence-corrected chi connectivity index (χ2v) is 5.45. The van der Waals surface area contributed by atoms with Crippen molar-refractivity contribution in [3.05, 3.63) is 22.4 Å². The monoisotopic (exact) mass is 240 g/mol. The fraction of sp³-hybridized carbons (Fsp3) is 0.667. The zero-order valence-electron chi connectivity index (χ0n) is 9.98. The van der Waals surface area contributed by atoms with Crippen LogP contribution in [0.15, 0.2) is 17.5 Å². The number of hydrogen-bond acceptors (Lipinski definition) is 4. The second-order valence-electron chi connectivity index (χ2n) is 4.42. The zero-order chi connectivity index (χ0) is 11.4. The zero-order valence-corrected chi connectivity index (χ0v) is 10.8. The summed E-state index contributed by atoms with van der Waals surface area (Å²) in [7, 11) is 2.15. The SMILES string of the molecule is CC(NCc1cccs1)C1CN(C)CCO1. The Morgan fingerprint density at radius 2 is 2.56 bits per heavy atom. The van der Waals surface area contributed by atoms with E-state index in [1.165, 1.54) is 4.88 Å².